The molecule has 20 heavy (non-hydrogen) atoms. The SMILES string of the molecule is Cc1ncsc1CN(C)C(=O)CCOC1CCNCC1. The van der Waals surface area contributed by atoms with Gasteiger partial charge in [0.25, 0.3) is 0 Å². The van der Waals surface area contributed by atoms with Gasteiger partial charge < -0.3 is 15.0 Å². The molecular formula is C14H23N3O2S. The van der Waals surface area contributed by atoms with Crippen LogP contribution in [0.5, 0.6) is 0 Å². The van der Waals surface area contributed by atoms with Crippen molar-refractivity contribution in [3.63, 3.8) is 0 Å². The number of rotatable bonds is 6. The maximum Gasteiger partial charge on any atom is 0.224 e. The van der Waals surface area contributed by atoms with Crippen LogP contribution in [0.2, 0.25) is 0 Å². The Labute approximate surface area is 124 Å². The van der Waals surface area contributed by atoms with Crippen LogP contribution in [0.15, 0.2) is 5.51 Å². The highest BCUT2D eigenvalue weighted by atomic mass is 32.1. The minimum atomic E-state index is 0.131. The molecule has 1 amide bonds. The van der Waals surface area contributed by atoms with Crippen LogP contribution in [0.1, 0.15) is 29.8 Å². The van der Waals surface area contributed by atoms with Crippen molar-refractivity contribution >= 4 is 17.2 Å². The van der Waals surface area contributed by atoms with Gasteiger partial charge in [-0.25, -0.2) is 4.98 Å². The third-order valence-corrected chi connectivity index (χ3v) is 4.53. The number of nitrogens with one attached hydrogen (secondary N) is 1. The predicted octanol–water partition coefficient (Wildman–Crippen LogP) is 1.57. The number of carbonyl (C=O) groups excluding carboxylic acids is 1. The molecule has 0 aromatic carbocycles. The first-order valence-corrected chi connectivity index (χ1v) is 8.00. The first-order valence-electron chi connectivity index (χ1n) is 7.12. The Bertz CT molecular complexity index is 430. The number of amides is 1. The van der Waals surface area contributed by atoms with Gasteiger partial charge in [0.1, 0.15) is 0 Å². The topological polar surface area (TPSA) is 54.5 Å². The molecule has 0 bridgehead atoms. The van der Waals surface area contributed by atoms with Gasteiger partial charge in [0.15, 0.2) is 0 Å². The van der Waals surface area contributed by atoms with Gasteiger partial charge >= 0.3 is 0 Å². The van der Waals surface area contributed by atoms with Gasteiger partial charge in [0.2, 0.25) is 5.91 Å². The molecule has 1 fully saturated rings. The molecule has 0 spiro atoms. The zero-order chi connectivity index (χ0) is 14.4. The van der Waals surface area contributed by atoms with Crippen LogP contribution in [0.4, 0.5) is 0 Å². The lowest BCUT2D eigenvalue weighted by atomic mass is 10.1. The van der Waals surface area contributed by atoms with Gasteiger partial charge in [-0.3, -0.25) is 4.79 Å². The Morgan fingerprint density at radius 1 is 1.55 bits per heavy atom. The maximum atomic E-state index is 12.0. The Hall–Kier alpha value is -0.980. The number of carbonyl (C=O) groups is 1. The number of aryl methyl sites for hydroxylation is 1. The molecule has 2 heterocycles. The summed E-state index contributed by atoms with van der Waals surface area (Å²) in [7, 11) is 1.84. The normalized spacial score (nSPS) is 16.3. The first-order chi connectivity index (χ1) is 9.66. The van der Waals surface area contributed by atoms with Gasteiger partial charge in [-0.2, -0.15) is 0 Å². The van der Waals surface area contributed by atoms with Crippen molar-refractivity contribution in [3.05, 3.63) is 16.1 Å². The summed E-state index contributed by atoms with van der Waals surface area (Å²) < 4.78 is 5.77. The summed E-state index contributed by atoms with van der Waals surface area (Å²) in [6.45, 7) is 5.18. The Morgan fingerprint density at radius 3 is 2.95 bits per heavy atom. The lowest BCUT2D eigenvalue weighted by Crippen LogP contribution is -2.33. The molecule has 5 nitrogen and oxygen atoms in total. The van der Waals surface area contributed by atoms with E-state index in [0.29, 0.717) is 25.7 Å². The van der Waals surface area contributed by atoms with E-state index in [0.717, 1.165) is 36.5 Å². The van der Waals surface area contributed by atoms with Crippen LogP contribution in [-0.4, -0.2) is 48.6 Å². The average molecular weight is 297 g/mol. The zero-order valence-corrected chi connectivity index (χ0v) is 13.0. The lowest BCUT2D eigenvalue weighted by Gasteiger charge is -2.23. The van der Waals surface area contributed by atoms with E-state index in [2.05, 4.69) is 10.3 Å². The van der Waals surface area contributed by atoms with E-state index in [1.165, 1.54) is 0 Å². The summed E-state index contributed by atoms with van der Waals surface area (Å²) in [5.74, 6) is 0.131. The fraction of sp³-hybridized carbons (Fsp3) is 0.714. The highest BCUT2D eigenvalue weighted by molar-refractivity contribution is 7.09. The highest BCUT2D eigenvalue weighted by Crippen LogP contribution is 2.15. The summed E-state index contributed by atoms with van der Waals surface area (Å²) >= 11 is 1.60. The summed E-state index contributed by atoms with van der Waals surface area (Å²) in [5, 5.41) is 3.30. The molecule has 1 aliphatic rings. The zero-order valence-electron chi connectivity index (χ0n) is 12.2. The van der Waals surface area contributed by atoms with Crippen LogP contribution in [0, 0.1) is 6.92 Å². The van der Waals surface area contributed by atoms with E-state index in [-0.39, 0.29) is 5.91 Å². The molecule has 1 aliphatic heterocycles. The number of nitrogens with zero attached hydrogens (tertiary/aromatic N) is 2. The van der Waals surface area contributed by atoms with Crippen LogP contribution >= 0.6 is 11.3 Å². The largest absolute Gasteiger partial charge is 0.378 e. The number of thiazole rings is 1. The van der Waals surface area contributed by atoms with Crippen LogP contribution < -0.4 is 5.32 Å². The molecule has 0 radical (unpaired) electrons. The van der Waals surface area contributed by atoms with E-state index in [1.807, 2.05) is 19.5 Å². The van der Waals surface area contributed by atoms with E-state index in [9.17, 15) is 4.79 Å². The summed E-state index contributed by atoms with van der Waals surface area (Å²) in [5.41, 5.74) is 2.84. The number of piperidine rings is 1. The molecule has 6 heteroatoms. The Kier molecular flexibility index (Phi) is 5.94. The average Bonchev–Trinajstić information content (AvgIpc) is 2.85. The summed E-state index contributed by atoms with van der Waals surface area (Å²) in [6.07, 6.45) is 2.87. The fourth-order valence-corrected chi connectivity index (χ4v) is 3.08. The van der Waals surface area contributed by atoms with Crippen molar-refractivity contribution < 1.29 is 9.53 Å². The lowest BCUT2D eigenvalue weighted by molar-refractivity contribution is -0.132. The van der Waals surface area contributed by atoms with Gasteiger partial charge in [0, 0.05) is 11.9 Å². The highest BCUT2D eigenvalue weighted by Gasteiger charge is 2.15. The molecule has 112 valence electrons. The molecule has 1 aromatic heterocycles. The molecular weight excluding hydrogens is 274 g/mol. The third-order valence-electron chi connectivity index (χ3n) is 3.61. The number of hydrogen-bond donors (Lipinski definition) is 1. The Morgan fingerprint density at radius 2 is 2.30 bits per heavy atom. The summed E-state index contributed by atoms with van der Waals surface area (Å²) in [6, 6.07) is 0. The number of hydrogen-bond acceptors (Lipinski definition) is 5. The van der Waals surface area contributed by atoms with Crippen molar-refractivity contribution in [2.75, 3.05) is 26.7 Å². The molecule has 0 aliphatic carbocycles. The molecule has 1 saturated heterocycles. The van der Waals surface area contributed by atoms with Crippen molar-refractivity contribution in [2.45, 2.75) is 38.8 Å². The quantitative estimate of drug-likeness (QED) is 0.866. The van der Waals surface area contributed by atoms with Gasteiger partial charge in [0.05, 0.1) is 36.9 Å². The number of ether oxygens (including phenoxy) is 1. The second kappa shape index (κ2) is 7.71. The van der Waals surface area contributed by atoms with Crippen molar-refractivity contribution in [1.29, 1.82) is 0 Å². The second-order valence-corrected chi connectivity index (χ2v) is 6.12. The van der Waals surface area contributed by atoms with E-state index in [1.54, 1.807) is 16.2 Å². The van der Waals surface area contributed by atoms with E-state index in [4.69, 9.17) is 4.74 Å². The molecule has 0 atom stereocenters. The molecule has 1 aromatic rings. The van der Waals surface area contributed by atoms with E-state index >= 15 is 0 Å². The van der Waals surface area contributed by atoms with Crippen LogP contribution in [0.25, 0.3) is 0 Å². The maximum absolute atomic E-state index is 12.0. The van der Waals surface area contributed by atoms with Crippen LogP contribution in [0.3, 0.4) is 0 Å². The van der Waals surface area contributed by atoms with E-state index < -0.39 is 0 Å². The van der Waals surface area contributed by atoms with Gasteiger partial charge in [-0.15, -0.1) is 11.3 Å². The standard InChI is InChI=1S/C14H23N3O2S/c1-11-13(20-10-16-11)9-17(2)14(18)5-8-19-12-3-6-15-7-4-12/h10,12,15H,3-9H2,1-2H3. The minimum absolute atomic E-state index is 0.131. The minimum Gasteiger partial charge on any atom is -0.378 e. The van der Waals surface area contributed by atoms with Gasteiger partial charge in [-0.1, -0.05) is 0 Å². The second-order valence-electron chi connectivity index (χ2n) is 5.18. The van der Waals surface area contributed by atoms with Crippen molar-refractivity contribution in [1.82, 2.24) is 15.2 Å². The molecule has 0 unspecified atom stereocenters. The molecule has 0 saturated carbocycles. The fourth-order valence-electron chi connectivity index (χ4n) is 2.25. The van der Waals surface area contributed by atoms with Crippen molar-refractivity contribution in [3.8, 4) is 0 Å². The monoisotopic (exact) mass is 297 g/mol. The van der Waals surface area contributed by atoms with Crippen molar-refractivity contribution in [2.24, 2.45) is 0 Å². The summed E-state index contributed by atoms with van der Waals surface area (Å²) in [4.78, 5) is 19.2. The predicted molar refractivity (Wildman–Crippen MR) is 79.8 cm³/mol. The number of aromatic nitrogens is 1. The first kappa shape index (κ1) is 15.4. The third kappa shape index (κ3) is 4.54. The molecule has 2 rings (SSSR count). The Balaban J connectivity index is 1.67. The molecule has 1 N–H and O–H groups in total. The van der Waals surface area contributed by atoms with Gasteiger partial charge in [-0.05, 0) is 32.9 Å². The smallest absolute Gasteiger partial charge is 0.224 e. The van der Waals surface area contributed by atoms with Crippen LogP contribution in [-0.2, 0) is 16.1 Å².